The summed E-state index contributed by atoms with van der Waals surface area (Å²) in [6.07, 6.45) is 8.38. The third kappa shape index (κ3) is 2.79. The second-order valence-corrected chi connectivity index (χ2v) is 6.16. The van der Waals surface area contributed by atoms with Gasteiger partial charge in [0.05, 0.1) is 24.8 Å². The lowest BCUT2D eigenvalue weighted by Gasteiger charge is -2.07. The van der Waals surface area contributed by atoms with E-state index in [1.165, 1.54) is 6.07 Å². The Labute approximate surface area is 153 Å². The van der Waals surface area contributed by atoms with Crippen molar-refractivity contribution < 1.29 is 4.39 Å². The first-order valence-corrected chi connectivity index (χ1v) is 8.39. The van der Waals surface area contributed by atoms with Gasteiger partial charge in [-0.15, -0.1) is 0 Å². The van der Waals surface area contributed by atoms with E-state index in [1.807, 2.05) is 28.8 Å². The van der Waals surface area contributed by atoms with E-state index < -0.39 is 0 Å². The van der Waals surface area contributed by atoms with Crippen molar-refractivity contribution in [3.63, 3.8) is 0 Å². The Balaban J connectivity index is 1.57. The topological polar surface area (TPSA) is 69.4 Å². The minimum Gasteiger partial charge on any atom is -0.309 e. The number of halogens is 1. The number of aromatic nitrogens is 6. The van der Waals surface area contributed by atoms with E-state index in [0.717, 1.165) is 22.2 Å². The second-order valence-electron chi connectivity index (χ2n) is 6.16. The van der Waals surface area contributed by atoms with Gasteiger partial charge >= 0.3 is 0 Å². The minimum absolute atomic E-state index is 0.337. The molecule has 6 nitrogen and oxygen atoms in total. The Morgan fingerprint density at radius 3 is 2.74 bits per heavy atom. The molecule has 0 N–H and O–H groups in total. The molecule has 7 heteroatoms. The van der Waals surface area contributed by atoms with E-state index in [2.05, 4.69) is 19.9 Å². The number of fused-ring (bicyclic) bond motifs is 2. The van der Waals surface area contributed by atoms with Gasteiger partial charge in [0.2, 0.25) is 0 Å². The molecule has 5 aromatic rings. The van der Waals surface area contributed by atoms with Crippen LogP contribution in [0.15, 0.2) is 67.5 Å². The van der Waals surface area contributed by atoms with E-state index in [9.17, 15) is 4.39 Å². The van der Waals surface area contributed by atoms with E-state index in [-0.39, 0.29) is 5.82 Å². The quantitative estimate of drug-likeness (QED) is 0.494. The molecule has 0 aliphatic rings. The van der Waals surface area contributed by atoms with E-state index >= 15 is 0 Å². The normalized spacial score (nSPS) is 11.3. The van der Waals surface area contributed by atoms with Crippen LogP contribution < -0.4 is 0 Å². The van der Waals surface area contributed by atoms with Crippen LogP contribution in [0.2, 0.25) is 0 Å². The number of hydrogen-bond donors (Lipinski definition) is 0. The summed E-state index contributed by atoms with van der Waals surface area (Å²) in [5.41, 5.74) is 4.04. The first-order chi connectivity index (χ1) is 13.3. The number of benzene rings is 1. The summed E-state index contributed by atoms with van der Waals surface area (Å²) in [4.78, 5) is 21.5. The zero-order valence-corrected chi connectivity index (χ0v) is 14.1. The van der Waals surface area contributed by atoms with E-state index in [0.29, 0.717) is 23.4 Å². The Kier molecular flexibility index (Phi) is 3.57. The van der Waals surface area contributed by atoms with Crippen LogP contribution in [0.25, 0.3) is 33.5 Å². The van der Waals surface area contributed by atoms with Crippen LogP contribution in [-0.4, -0.2) is 29.5 Å². The van der Waals surface area contributed by atoms with Crippen LogP contribution >= 0.6 is 0 Å². The number of pyridine rings is 2. The molecule has 0 aliphatic heterocycles. The average Bonchev–Trinajstić information content (AvgIpc) is 3.11. The molecule has 0 saturated carbocycles. The standard InChI is InChI=1S/C20H13FN6/c21-16-9-13(8-15-2-1-5-23-18(15)16)11-27-12-25-19-20(27)26-17(10-24-19)14-3-6-22-7-4-14/h1-10,12H,11H2. The van der Waals surface area contributed by atoms with Gasteiger partial charge in [-0.3, -0.25) is 9.97 Å². The first kappa shape index (κ1) is 15.5. The smallest absolute Gasteiger partial charge is 0.197 e. The predicted molar refractivity (Wildman–Crippen MR) is 99.4 cm³/mol. The van der Waals surface area contributed by atoms with Gasteiger partial charge in [0.15, 0.2) is 11.3 Å². The second kappa shape index (κ2) is 6.21. The molecule has 0 saturated heterocycles. The molecule has 27 heavy (non-hydrogen) atoms. The highest BCUT2D eigenvalue weighted by Gasteiger charge is 2.11. The molecular weight excluding hydrogens is 343 g/mol. The van der Waals surface area contributed by atoms with Crippen LogP contribution in [0.3, 0.4) is 0 Å². The number of hydrogen-bond acceptors (Lipinski definition) is 5. The number of imidazole rings is 1. The predicted octanol–water partition coefficient (Wildman–Crippen LogP) is 3.62. The maximum Gasteiger partial charge on any atom is 0.197 e. The molecule has 130 valence electrons. The zero-order chi connectivity index (χ0) is 18.2. The molecule has 0 fully saturated rings. The lowest BCUT2D eigenvalue weighted by atomic mass is 10.1. The summed E-state index contributed by atoms with van der Waals surface area (Å²) in [5, 5.41) is 0.764. The molecule has 5 rings (SSSR count). The third-order valence-corrected chi connectivity index (χ3v) is 4.37. The average molecular weight is 356 g/mol. The van der Waals surface area contributed by atoms with Crippen LogP contribution in [-0.2, 0) is 6.54 Å². The summed E-state index contributed by atoms with van der Waals surface area (Å²) in [7, 11) is 0. The van der Waals surface area contributed by atoms with Crippen molar-refractivity contribution in [1.29, 1.82) is 0 Å². The maximum absolute atomic E-state index is 14.4. The van der Waals surface area contributed by atoms with Crippen LogP contribution in [0, 0.1) is 5.82 Å². The molecular formula is C20H13FN6. The molecule has 1 aromatic carbocycles. The first-order valence-electron chi connectivity index (χ1n) is 8.39. The molecule has 0 unspecified atom stereocenters. The summed E-state index contributed by atoms with van der Waals surface area (Å²) in [6, 6.07) is 10.8. The SMILES string of the molecule is Fc1cc(Cn2cnc3ncc(-c4ccncc4)nc32)cc2cccnc12. The van der Waals surface area contributed by atoms with Crippen molar-refractivity contribution in [2.75, 3.05) is 0 Å². The largest absolute Gasteiger partial charge is 0.309 e. The highest BCUT2D eigenvalue weighted by molar-refractivity contribution is 5.79. The van der Waals surface area contributed by atoms with Crippen molar-refractivity contribution in [2.24, 2.45) is 0 Å². The van der Waals surface area contributed by atoms with Crippen molar-refractivity contribution >= 4 is 22.2 Å². The fraction of sp³-hybridized carbons (Fsp3) is 0.0500. The van der Waals surface area contributed by atoms with Gasteiger partial charge in [-0.1, -0.05) is 6.07 Å². The molecule has 0 bridgehead atoms. The number of rotatable bonds is 3. The molecule has 0 amide bonds. The van der Waals surface area contributed by atoms with E-state index in [1.54, 1.807) is 37.2 Å². The van der Waals surface area contributed by atoms with Crippen LogP contribution in [0.4, 0.5) is 4.39 Å². The summed E-state index contributed by atoms with van der Waals surface area (Å²) >= 11 is 0. The molecule has 0 aliphatic carbocycles. The zero-order valence-electron chi connectivity index (χ0n) is 14.1. The highest BCUT2D eigenvalue weighted by atomic mass is 19.1. The van der Waals surface area contributed by atoms with Gasteiger partial charge in [0, 0.05) is 29.5 Å². The van der Waals surface area contributed by atoms with Gasteiger partial charge in [0.1, 0.15) is 11.3 Å². The fourth-order valence-corrected chi connectivity index (χ4v) is 3.11. The van der Waals surface area contributed by atoms with Gasteiger partial charge in [-0.25, -0.2) is 19.3 Å². The summed E-state index contributed by atoms with van der Waals surface area (Å²) in [6.45, 7) is 0.437. The van der Waals surface area contributed by atoms with Crippen LogP contribution in [0.5, 0.6) is 0 Å². The molecule has 0 atom stereocenters. The van der Waals surface area contributed by atoms with Crippen molar-refractivity contribution in [2.45, 2.75) is 6.54 Å². The Bertz CT molecular complexity index is 1270. The number of nitrogens with zero attached hydrogens (tertiary/aromatic N) is 6. The van der Waals surface area contributed by atoms with Gasteiger partial charge in [0.25, 0.3) is 0 Å². The van der Waals surface area contributed by atoms with E-state index in [4.69, 9.17) is 4.98 Å². The van der Waals surface area contributed by atoms with Crippen LogP contribution in [0.1, 0.15) is 5.56 Å². The fourth-order valence-electron chi connectivity index (χ4n) is 3.11. The van der Waals surface area contributed by atoms with Gasteiger partial charge in [-0.2, -0.15) is 0 Å². The van der Waals surface area contributed by atoms with Crippen molar-refractivity contribution in [1.82, 2.24) is 29.5 Å². The minimum atomic E-state index is -0.337. The summed E-state index contributed by atoms with van der Waals surface area (Å²) in [5.74, 6) is -0.337. The Morgan fingerprint density at radius 1 is 0.963 bits per heavy atom. The molecule has 0 spiro atoms. The van der Waals surface area contributed by atoms with Crippen molar-refractivity contribution in [3.05, 3.63) is 78.9 Å². The van der Waals surface area contributed by atoms with Gasteiger partial charge in [-0.05, 0) is 35.9 Å². The lowest BCUT2D eigenvalue weighted by Crippen LogP contribution is -2.01. The Morgan fingerprint density at radius 2 is 1.85 bits per heavy atom. The molecule has 4 aromatic heterocycles. The maximum atomic E-state index is 14.4. The lowest BCUT2D eigenvalue weighted by molar-refractivity contribution is 0.633. The Hall–Kier alpha value is -3.74. The highest BCUT2D eigenvalue weighted by Crippen LogP contribution is 2.21. The monoisotopic (exact) mass is 356 g/mol. The summed E-state index contributed by atoms with van der Waals surface area (Å²) < 4.78 is 16.2. The van der Waals surface area contributed by atoms with Gasteiger partial charge < -0.3 is 4.57 Å². The third-order valence-electron chi connectivity index (χ3n) is 4.37. The molecule has 4 heterocycles. The molecule has 0 radical (unpaired) electrons. The van der Waals surface area contributed by atoms with Crippen molar-refractivity contribution in [3.8, 4) is 11.3 Å².